The molecule has 0 aromatic heterocycles. The van der Waals surface area contributed by atoms with Crippen LogP contribution in [0.2, 0.25) is 10.0 Å². The SMILES string of the molecule is C[C@H](Oc1ccc(Cl)c(Cl)c1)C(=O)N1CC[C@H](N)C[C@H]1C. The van der Waals surface area contributed by atoms with Crippen molar-refractivity contribution in [3.05, 3.63) is 28.2 Å². The van der Waals surface area contributed by atoms with Gasteiger partial charge in [0.05, 0.1) is 10.0 Å². The fraction of sp³-hybridized carbons (Fsp3) is 0.533. The Bertz CT molecular complexity index is 524. The number of benzene rings is 1. The van der Waals surface area contributed by atoms with Gasteiger partial charge in [0.2, 0.25) is 0 Å². The van der Waals surface area contributed by atoms with Crippen molar-refractivity contribution in [3.8, 4) is 5.75 Å². The van der Waals surface area contributed by atoms with Crippen LogP contribution in [0.4, 0.5) is 0 Å². The monoisotopic (exact) mass is 330 g/mol. The average molecular weight is 331 g/mol. The molecule has 21 heavy (non-hydrogen) atoms. The first-order chi connectivity index (χ1) is 9.88. The molecular weight excluding hydrogens is 311 g/mol. The van der Waals surface area contributed by atoms with Crippen LogP contribution in [0.3, 0.4) is 0 Å². The number of nitrogens with two attached hydrogens (primary N) is 1. The summed E-state index contributed by atoms with van der Waals surface area (Å²) in [6, 6.07) is 5.28. The third kappa shape index (κ3) is 4.02. The molecule has 0 unspecified atom stereocenters. The molecule has 1 aromatic rings. The van der Waals surface area contributed by atoms with Gasteiger partial charge in [0.25, 0.3) is 5.91 Å². The number of likely N-dealkylation sites (tertiary alicyclic amines) is 1. The Morgan fingerprint density at radius 3 is 2.76 bits per heavy atom. The quantitative estimate of drug-likeness (QED) is 0.926. The fourth-order valence-electron chi connectivity index (χ4n) is 2.57. The van der Waals surface area contributed by atoms with Gasteiger partial charge in [0.1, 0.15) is 5.75 Å². The third-order valence-electron chi connectivity index (χ3n) is 3.75. The van der Waals surface area contributed by atoms with Crippen molar-refractivity contribution >= 4 is 29.1 Å². The molecule has 0 spiro atoms. The number of carbonyl (C=O) groups excluding carboxylic acids is 1. The van der Waals surface area contributed by atoms with E-state index in [-0.39, 0.29) is 18.0 Å². The number of hydrogen-bond acceptors (Lipinski definition) is 3. The number of rotatable bonds is 3. The molecule has 1 aromatic carbocycles. The lowest BCUT2D eigenvalue weighted by molar-refractivity contribution is -0.141. The zero-order valence-electron chi connectivity index (χ0n) is 12.2. The van der Waals surface area contributed by atoms with Crippen LogP contribution in [0, 0.1) is 0 Å². The van der Waals surface area contributed by atoms with Gasteiger partial charge < -0.3 is 15.4 Å². The van der Waals surface area contributed by atoms with Crippen molar-refractivity contribution in [1.82, 2.24) is 4.90 Å². The number of amides is 1. The van der Waals surface area contributed by atoms with Crippen LogP contribution in [0.25, 0.3) is 0 Å². The normalized spacial score (nSPS) is 23.8. The Morgan fingerprint density at radius 1 is 1.43 bits per heavy atom. The largest absolute Gasteiger partial charge is 0.481 e. The smallest absolute Gasteiger partial charge is 0.263 e. The lowest BCUT2D eigenvalue weighted by Gasteiger charge is -2.37. The first kappa shape index (κ1) is 16.4. The second-order valence-corrected chi connectivity index (χ2v) is 6.32. The van der Waals surface area contributed by atoms with Crippen LogP contribution in [-0.4, -0.2) is 35.5 Å². The minimum Gasteiger partial charge on any atom is -0.481 e. The summed E-state index contributed by atoms with van der Waals surface area (Å²) in [6.07, 6.45) is 1.08. The minimum absolute atomic E-state index is 0.0273. The van der Waals surface area contributed by atoms with Gasteiger partial charge in [-0.25, -0.2) is 0 Å². The summed E-state index contributed by atoms with van der Waals surface area (Å²) in [4.78, 5) is 14.3. The van der Waals surface area contributed by atoms with E-state index in [0.29, 0.717) is 22.3 Å². The molecule has 1 fully saturated rings. The van der Waals surface area contributed by atoms with E-state index in [4.69, 9.17) is 33.7 Å². The van der Waals surface area contributed by atoms with Crippen LogP contribution < -0.4 is 10.5 Å². The Labute approximate surface area is 135 Å². The summed E-state index contributed by atoms with van der Waals surface area (Å²) in [5.74, 6) is 0.507. The maximum absolute atomic E-state index is 12.5. The molecule has 1 saturated heterocycles. The summed E-state index contributed by atoms with van der Waals surface area (Å²) in [5, 5.41) is 0.868. The zero-order valence-corrected chi connectivity index (χ0v) is 13.7. The highest BCUT2D eigenvalue weighted by molar-refractivity contribution is 6.42. The van der Waals surface area contributed by atoms with Crippen LogP contribution in [-0.2, 0) is 4.79 Å². The summed E-state index contributed by atoms with van der Waals surface area (Å²) in [6.45, 7) is 4.44. The van der Waals surface area contributed by atoms with Crippen molar-refractivity contribution in [2.75, 3.05) is 6.54 Å². The average Bonchev–Trinajstić information content (AvgIpc) is 2.42. The highest BCUT2D eigenvalue weighted by Gasteiger charge is 2.30. The number of nitrogens with zero attached hydrogens (tertiary/aromatic N) is 1. The van der Waals surface area contributed by atoms with E-state index in [1.54, 1.807) is 25.1 Å². The predicted molar refractivity (Wildman–Crippen MR) is 84.9 cm³/mol. The fourth-order valence-corrected chi connectivity index (χ4v) is 2.86. The van der Waals surface area contributed by atoms with Crippen LogP contribution in [0.15, 0.2) is 18.2 Å². The summed E-state index contributed by atoms with van der Waals surface area (Å²) in [5.41, 5.74) is 5.92. The molecule has 116 valence electrons. The van der Waals surface area contributed by atoms with Crippen molar-refractivity contribution in [2.24, 2.45) is 5.73 Å². The van der Waals surface area contributed by atoms with E-state index in [0.717, 1.165) is 12.8 Å². The lowest BCUT2D eigenvalue weighted by atomic mass is 9.98. The van der Waals surface area contributed by atoms with E-state index in [1.165, 1.54) is 0 Å². The van der Waals surface area contributed by atoms with Crippen molar-refractivity contribution in [2.45, 2.75) is 44.9 Å². The topological polar surface area (TPSA) is 55.6 Å². The molecule has 1 aliphatic rings. The maximum atomic E-state index is 12.5. The molecule has 1 amide bonds. The molecule has 4 nitrogen and oxygen atoms in total. The number of ether oxygens (including phenoxy) is 1. The van der Waals surface area contributed by atoms with E-state index < -0.39 is 6.10 Å². The van der Waals surface area contributed by atoms with Gasteiger partial charge in [-0.3, -0.25) is 4.79 Å². The van der Waals surface area contributed by atoms with Crippen molar-refractivity contribution in [3.63, 3.8) is 0 Å². The van der Waals surface area contributed by atoms with E-state index in [9.17, 15) is 4.79 Å². The van der Waals surface area contributed by atoms with E-state index in [2.05, 4.69) is 0 Å². The standard InChI is InChI=1S/C15H20Cl2N2O2/c1-9-7-11(18)5-6-19(9)15(20)10(2)21-12-3-4-13(16)14(17)8-12/h3-4,8-11H,5-7,18H2,1-2H3/t9-,10+,11+/m1/s1. The zero-order chi connectivity index (χ0) is 15.6. The van der Waals surface area contributed by atoms with Crippen LogP contribution in [0.5, 0.6) is 5.75 Å². The number of carbonyl (C=O) groups is 1. The Kier molecular flexibility index (Phi) is 5.36. The Morgan fingerprint density at radius 2 is 2.14 bits per heavy atom. The molecule has 0 saturated carbocycles. The Hall–Kier alpha value is -0.970. The van der Waals surface area contributed by atoms with Gasteiger partial charge in [-0.15, -0.1) is 0 Å². The minimum atomic E-state index is -0.570. The van der Waals surface area contributed by atoms with E-state index in [1.807, 2.05) is 11.8 Å². The van der Waals surface area contributed by atoms with Gasteiger partial charge >= 0.3 is 0 Å². The molecule has 0 bridgehead atoms. The number of piperidine rings is 1. The molecular formula is C15H20Cl2N2O2. The van der Waals surface area contributed by atoms with Crippen molar-refractivity contribution < 1.29 is 9.53 Å². The molecule has 2 rings (SSSR count). The summed E-state index contributed by atoms with van der Waals surface area (Å²) >= 11 is 11.8. The lowest BCUT2D eigenvalue weighted by Crippen LogP contribution is -2.51. The second-order valence-electron chi connectivity index (χ2n) is 5.50. The molecule has 3 atom stereocenters. The predicted octanol–water partition coefficient (Wildman–Crippen LogP) is 3.10. The van der Waals surface area contributed by atoms with Gasteiger partial charge in [-0.2, -0.15) is 0 Å². The molecule has 2 N–H and O–H groups in total. The van der Waals surface area contributed by atoms with Crippen LogP contribution >= 0.6 is 23.2 Å². The van der Waals surface area contributed by atoms with Crippen LogP contribution in [0.1, 0.15) is 26.7 Å². The first-order valence-electron chi connectivity index (χ1n) is 7.06. The molecule has 0 radical (unpaired) electrons. The second kappa shape index (κ2) is 6.86. The van der Waals surface area contributed by atoms with Gasteiger partial charge in [-0.05, 0) is 38.8 Å². The molecule has 1 aliphatic heterocycles. The highest BCUT2D eigenvalue weighted by atomic mass is 35.5. The molecule has 0 aliphatic carbocycles. The summed E-state index contributed by atoms with van der Waals surface area (Å²) < 4.78 is 5.67. The molecule has 1 heterocycles. The van der Waals surface area contributed by atoms with Gasteiger partial charge in [0, 0.05) is 24.7 Å². The van der Waals surface area contributed by atoms with Gasteiger partial charge in [0.15, 0.2) is 6.10 Å². The van der Waals surface area contributed by atoms with Crippen molar-refractivity contribution in [1.29, 1.82) is 0 Å². The first-order valence-corrected chi connectivity index (χ1v) is 7.82. The molecule has 6 heteroatoms. The third-order valence-corrected chi connectivity index (χ3v) is 4.49. The number of hydrogen-bond donors (Lipinski definition) is 1. The number of halogens is 2. The highest BCUT2D eigenvalue weighted by Crippen LogP contribution is 2.27. The van der Waals surface area contributed by atoms with E-state index >= 15 is 0 Å². The maximum Gasteiger partial charge on any atom is 0.263 e. The Balaban J connectivity index is 2.00. The summed E-state index contributed by atoms with van der Waals surface area (Å²) in [7, 11) is 0. The van der Waals surface area contributed by atoms with Gasteiger partial charge in [-0.1, -0.05) is 23.2 Å².